The molecule has 0 aliphatic rings. The third kappa shape index (κ3) is 6.32. The van der Waals surface area contributed by atoms with Crippen molar-refractivity contribution in [3.8, 4) is 74.0 Å². The number of aromatic nitrogens is 7. The zero-order valence-electron chi connectivity index (χ0n) is 36.7. The summed E-state index contributed by atoms with van der Waals surface area (Å²) in [6.45, 7) is 0. The van der Waals surface area contributed by atoms with Gasteiger partial charge in [-0.05, 0) is 54.6 Å². The number of para-hydroxylation sites is 3. The molecule has 322 valence electrons. The average Bonchev–Trinajstić information content (AvgIpc) is 4.11. The van der Waals surface area contributed by atoms with Crippen LogP contribution in [0.4, 0.5) is 0 Å². The number of fused-ring (bicyclic) bond motifs is 10. The van der Waals surface area contributed by atoms with Crippen molar-refractivity contribution in [1.82, 2.24) is 34.5 Å². The largest absolute Gasteiger partial charge is 0.456 e. The summed E-state index contributed by atoms with van der Waals surface area (Å²) >= 11 is 0. The molecular weight excluding hydrogens is 851 g/mol. The van der Waals surface area contributed by atoms with Gasteiger partial charge in [-0.3, -0.25) is 0 Å². The van der Waals surface area contributed by atoms with E-state index in [0.717, 1.165) is 105 Å². The predicted molar refractivity (Wildman–Crippen MR) is 275 cm³/mol. The number of nitrogens with zero attached hydrogens (tertiary/aromatic N) is 7. The molecule has 0 N–H and O–H groups in total. The molecular formula is C60H35N7O2. The van der Waals surface area contributed by atoms with Crippen LogP contribution in [0.1, 0.15) is 0 Å². The summed E-state index contributed by atoms with van der Waals surface area (Å²) in [4.78, 5) is 31.4. The summed E-state index contributed by atoms with van der Waals surface area (Å²) in [7, 11) is 0. The van der Waals surface area contributed by atoms with Crippen molar-refractivity contribution in [1.29, 1.82) is 0 Å². The van der Waals surface area contributed by atoms with Crippen LogP contribution in [0.5, 0.6) is 0 Å². The predicted octanol–water partition coefficient (Wildman–Crippen LogP) is 15.0. The van der Waals surface area contributed by atoms with Crippen molar-refractivity contribution in [2.45, 2.75) is 0 Å². The van der Waals surface area contributed by atoms with Gasteiger partial charge in [-0.1, -0.05) is 158 Å². The summed E-state index contributed by atoms with van der Waals surface area (Å²) in [5, 5.41) is 6.26. The monoisotopic (exact) mass is 885 g/mol. The van der Waals surface area contributed by atoms with Crippen LogP contribution in [0.15, 0.2) is 221 Å². The lowest BCUT2D eigenvalue weighted by Crippen LogP contribution is -2.05. The Hall–Kier alpha value is -9.60. The molecule has 9 nitrogen and oxygen atoms in total. The highest BCUT2D eigenvalue weighted by atomic mass is 16.3. The molecule has 5 heterocycles. The van der Waals surface area contributed by atoms with E-state index >= 15 is 0 Å². The van der Waals surface area contributed by atoms with Crippen molar-refractivity contribution < 1.29 is 8.83 Å². The maximum absolute atomic E-state index is 6.46. The first-order valence-corrected chi connectivity index (χ1v) is 22.8. The minimum Gasteiger partial charge on any atom is -0.456 e. The minimum absolute atomic E-state index is 0.492. The molecule has 9 aromatic carbocycles. The molecule has 0 fully saturated rings. The van der Waals surface area contributed by atoms with E-state index in [4.69, 9.17) is 38.7 Å². The highest BCUT2D eigenvalue weighted by molar-refractivity contribution is 6.27. The van der Waals surface area contributed by atoms with Gasteiger partial charge in [0.1, 0.15) is 22.3 Å². The quantitative estimate of drug-likeness (QED) is 0.156. The SMILES string of the molecule is c1ccc(-c2nc(-c3ccccc3)nc(-c3cc(-c4nc(-c5ccccc5)nc(-c5cccc6oc7ccccc7c56)n4)ccc3-n3c4ccccc4c4c5c(ccc43)oc3ccccc35)n2)cc1. The Bertz CT molecular complexity index is 4260. The second-order valence-electron chi connectivity index (χ2n) is 17.0. The van der Waals surface area contributed by atoms with Gasteiger partial charge in [0, 0.05) is 65.7 Å². The molecule has 0 spiro atoms. The van der Waals surface area contributed by atoms with Crippen LogP contribution >= 0.6 is 0 Å². The van der Waals surface area contributed by atoms with Crippen molar-refractivity contribution in [2.75, 3.05) is 0 Å². The fourth-order valence-electron chi connectivity index (χ4n) is 9.82. The standard InChI is InChI=1S/C60H35N7O2/c1-4-17-36(18-5-1)55-61-56(37-19-6-2-7-20-37)65-60(64-55)44-35-39(31-32-46(44)67-45-27-13-10-23-40(45)53-47(67)33-34-51-54(53)42-25-12-15-29-49(42)69-51)58-62-57(38-21-8-3-9-22-38)63-59(66-58)43-26-16-30-50-52(43)41-24-11-14-28-48(41)68-50/h1-35H. The maximum Gasteiger partial charge on any atom is 0.166 e. The first-order chi connectivity index (χ1) is 34.2. The van der Waals surface area contributed by atoms with Gasteiger partial charge < -0.3 is 13.4 Å². The van der Waals surface area contributed by atoms with Crippen molar-refractivity contribution in [3.05, 3.63) is 212 Å². The molecule has 69 heavy (non-hydrogen) atoms. The van der Waals surface area contributed by atoms with Crippen LogP contribution in [-0.2, 0) is 0 Å². The van der Waals surface area contributed by atoms with Gasteiger partial charge in [0.15, 0.2) is 34.9 Å². The first-order valence-electron chi connectivity index (χ1n) is 22.8. The molecule has 0 saturated heterocycles. The van der Waals surface area contributed by atoms with Gasteiger partial charge >= 0.3 is 0 Å². The normalized spacial score (nSPS) is 11.8. The Labute approximate surface area is 393 Å². The summed E-state index contributed by atoms with van der Waals surface area (Å²) in [5.41, 5.74) is 11.1. The average molecular weight is 886 g/mol. The van der Waals surface area contributed by atoms with Gasteiger partial charge in [-0.15, -0.1) is 0 Å². The van der Waals surface area contributed by atoms with E-state index in [2.05, 4.69) is 83.4 Å². The fraction of sp³-hybridized carbons (Fsp3) is 0. The van der Waals surface area contributed by atoms with Crippen molar-refractivity contribution in [2.24, 2.45) is 0 Å². The summed E-state index contributed by atoms with van der Waals surface area (Å²) in [6.07, 6.45) is 0. The number of hydrogen-bond acceptors (Lipinski definition) is 8. The first kappa shape index (κ1) is 38.6. The smallest absolute Gasteiger partial charge is 0.166 e. The van der Waals surface area contributed by atoms with Crippen LogP contribution in [0.2, 0.25) is 0 Å². The number of furan rings is 2. The van der Waals surface area contributed by atoms with Crippen LogP contribution in [0, 0.1) is 0 Å². The van der Waals surface area contributed by atoms with Crippen LogP contribution in [-0.4, -0.2) is 34.5 Å². The summed E-state index contributed by atoms with van der Waals surface area (Å²) < 4.78 is 15.1. The molecule has 0 saturated carbocycles. The highest BCUT2D eigenvalue weighted by Crippen LogP contribution is 2.44. The van der Waals surface area contributed by atoms with Crippen LogP contribution in [0.3, 0.4) is 0 Å². The fourth-order valence-corrected chi connectivity index (χ4v) is 9.82. The lowest BCUT2D eigenvalue weighted by atomic mass is 10.0. The Kier molecular flexibility index (Phi) is 8.68. The number of benzene rings is 9. The lowest BCUT2D eigenvalue weighted by Gasteiger charge is -2.16. The van der Waals surface area contributed by atoms with E-state index in [-0.39, 0.29) is 0 Å². The van der Waals surface area contributed by atoms with Gasteiger partial charge in [0.25, 0.3) is 0 Å². The molecule has 0 aliphatic carbocycles. The molecule has 5 aromatic heterocycles. The molecule has 0 amide bonds. The molecule has 0 radical (unpaired) electrons. The Morgan fingerprint density at radius 2 is 0.739 bits per heavy atom. The third-order valence-corrected chi connectivity index (χ3v) is 12.9. The van der Waals surface area contributed by atoms with E-state index in [0.29, 0.717) is 34.9 Å². The second kappa shape index (κ2) is 15.5. The van der Waals surface area contributed by atoms with E-state index in [9.17, 15) is 0 Å². The van der Waals surface area contributed by atoms with E-state index < -0.39 is 0 Å². The van der Waals surface area contributed by atoms with Crippen molar-refractivity contribution in [3.63, 3.8) is 0 Å². The zero-order chi connectivity index (χ0) is 45.4. The second-order valence-corrected chi connectivity index (χ2v) is 17.0. The molecule has 14 aromatic rings. The van der Waals surface area contributed by atoms with Gasteiger partial charge in [-0.25, -0.2) is 29.9 Å². The van der Waals surface area contributed by atoms with Gasteiger partial charge in [0.2, 0.25) is 0 Å². The molecule has 0 aliphatic heterocycles. The molecule has 0 atom stereocenters. The number of hydrogen-bond donors (Lipinski definition) is 0. The Morgan fingerprint density at radius 3 is 1.35 bits per heavy atom. The zero-order valence-corrected chi connectivity index (χ0v) is 36.7. The highest BCUT2D eigenvalue weighted by Gasteiger charge is 2.24. The van der Waals surface area contributed by atoms with E-state index in [1.807, 2.05) is 133 Å². The lowest BCUT2D eigenvalue weighted by molar-refractivity contribution is 0.668. The molecule has 0 bridgehead atoms. The minimum atomic E-state index is 0.492. The maximum atomic E-state index is 6.46. The van der Waals surface area contributed by atoms with Gasteiger partial charge in [-0.2, -0.15) is 0 Å². The third-order valence-electron chi connectivity index (χ3n) is 12.9. The van der Waals surface area contributed by atoms with E-state index in [1.54, 1.807) is 0 Å². The molecule has 0 unspecified atom stereocenters. The van der Waals surface area contributed by atoms with Crippen LogP contribution < -0.4 is 0 Å². The summed E-state index contributed by atoms with van der Waals surface area (Å²) in [6, 6.07) is 71.6. The number of rotatable bonds is 7. The van der Waals surface area contributed by atoms with Crippen molar-refractivity contribution >= 4 is 65.7 Å². The molecule has 9 heteroatoms. The van der Waals surface area contributed by atoms with E-state index in [1.165, 1.54) is 0 Å². The molecule has 14 rings (SSSR count). The van der Waals surface area contributed by atoms with Gasteiger partial charge in [0.05, 0.1) is 16.7 Å². The topological polar surface area (TPSA) is 109 Å². The van der Waals surface area contributed by atoms with Crippen LogP contribution in [0.25, 0.3) is 140 Å². The Balaban J connectivity index is 1.07. The summed E-state index contributed by atoms with van der Waals surface area (Å²) in [5.74, 6) is 3.16. The Morgan fingerprint density at radius 1 is 0.275 bits per heavy atom.